The van der Waals surface area contributed by atoms with Gasteiger partial charge in [0.15, 0.2) is 0 Å². The van der Waals surface area contributed by atoms with Crippen LogP contribution in [0.4, 0.5) is 0 Å². The van der Waals surface area contributed by atoms with Crippen LogP contribution in [0.15, 0.2) is 18.2 Å². The lowest BCUT2D eigenvalue weighted by Crippen LogP contribution is -2.44. The fourth-order valence-corrected chi connectivity index (χ4v) is 2.53. The number of carbonyl (C=O) groups is 1. The van der Waals surface area contributed by atoms with Crippen molar-refractivity contribution in [1.82, 2.24) is 10.2 Å². The maximum absolute atomic E-state index is 12.0. The Kier molecular flexibility index (Phi) is 4.49. The van der Waals surface area contributed by atoms with Crippen molar-refractivity contribution in [3.05, 3.63) is 33.8 Å². The molecule has 0 saturated carbocycles. The van der Waals surface area contributed by atoms with Gasteiger partial charge in [0.25, 0.3) is 0 Å². The van der Waals surface area contributed by atoms with Crippen molar-refractivity contribution in [2.24, 2.45) is 5.92 Å². The van der Waals surface area contributed by atoms with Crippen LogP contribution in [0.2, 0.25) is 10.0 Å². The van der Waals surface area contributed by atoms with Crippen molar-refractivity contribution in [3.8, 4) is 0 Å². The van der Waals surface area contributed by atoms with Crippen LogP contribution in [0.3, 0.4) is 0 Å². The van der Waals surface area contributed by atoms with E-state index in [1.807, 2.05) is 19.2 Å². The van der Waals surface area contributed by atoms with E-state index in [1.165, 1.54) is 0 Å². The van der Waals surface area contributed by atoms with Crippen LogP contribution < -0.4 is 5.32 Å². The molecule has 2 rings (SSSR count). The first-order chi connectivity index (χ1) is 8.54. The molecule has 1 heterocycles. The molecule has 0 radical (unpaired) electrons. The van der Waals surface area contributed by atoms with Gasteiger partial charge in [-0.2, -0.15) is 0 Å². The van der Waals surface area contributed by atoms with E-state index in [9.17, 15) is 4.79 Å². The van der Waals surface area contributed by atoms with Gasteiger partial charge in [-0.25, -0.2) is 0 Å². The van der Waals surface area contributed by atoms with Crippen LogP contribution in [-0.2, 0) is 11.3 Å². The van der Waals surface area contributed by atoms with Gasteiger partial charge in [-0.1, -0.05) is 23.2 Å². The molecule has 0 spiro atoms. The zero-order valence-electron chi connectivity index (χ0n) is 10.2. The molecule has 1 aliphatic rings. The third-order valence-electron chi connectivity index (χ3n) is 3.10. The van der Waals surface area contributed by atoms with E-state index in [0.717, 1.165) is 18.7 Å². The summed E-state index contributed by atoms with van der Waals surface area (Å²) in [6, 6.07) is 5.36. The second-order valence-electron chi connectivity index (χ2n) is 4.76. The van der Waals surface area contributed by atoms with Gasteiger partial charge < -0.3 is 10.2 Å². The summed E-state index contributed by atoms with van der Waals surface area (Å²) in [7, 11) is 1.81. The molecule has 1 N–H and O–H groups in total. The molecule has 0 aliphatic carbocycles. The smallest absolute Gasteiger partial charge is 0.222 e. The van der Waals surface area contributed by atoms with Crippen LogP contribution in [0.1, 0.15) is 12.0 Å². The fraction of sp³-hybridized carbons (Fsp3) is 0.462. The maximum atomic E-state index is 12.0. The summed E-state index contributed by atoms with van der Waals surface area (Å²) in [5.41, 5.74) is 0.954. The molecule has 1 aromatic rings. The van der Waals surface area contributed by atoms with Crippen molar-refractivity contribution in [1.29, 1.82) is 0 Å². The zero-order chi connectivity index (χ0) is 13.1. The van der Waals surface area contributed by atoms with Crippen LogP contribution in [0.5, 0.6) is 0 Å². The van der Waals surface area contributed by atoms with Crippen LogP contribution >= 0.6 is 23.2 Å². The minimum absolute atomic E-state index is 0.164. The number of carbonyl (C=O) groups excluding carboxylic acids is 1. The molecule has 1 fully saturated rings. The first kappa shape index (κ1) is 13.7. The molecule has 0 aromatic heterocycles. The monoisotopic (exact) mass is 286 g/mol. The molecule has 3 nitrogen and oxygen atoms in total. The Morgan fingerprint density at radius 1 is 1.33 bits per heavy atom. The molecule has 1 saturated heterocycles. The average Bonchev–Trinajstić information content (AvgIpc) is 2.21. The molecule has 98 valence electrons. The average molecular weight is 287 g/mol. The van der Waals surface area contributed by atoms with Gasteiger partial charge in [-0.3, -0.25) is 4.79 Å². The lowest BCUT2D eigenvalue weighted by atomic mass is 9.99. The third-order valence-corrected chi connectivity index (χ3v) is 3.53. The number of hydrogen-bond acceptors (Lipinski definition) is 2. The summed E-state index contributed by atoms with van der Waals surface area (Å²) in [4.78, 5) is 13.7. The topological polar surface area (TPSA) is 32.3 Å². The molecule has 1 aliphatic heterocycles. The number of hydrogen-bond donors (Lipinski definition) is 1. The molecule has 0 atom stereocenters. The molecule has 0 unspecified atom stereocenters. The fourth-order valence-electron chi connectivity index (χ4n) is 1.96. The lowest BCUT2D eigenvalue weighted by Gasteiger charge is -2.28. The zero-order valence-corrected chi connectivity index (χ0v) is 11.8. The number of halogens is 2. The highest BCUT2D eigenvalue weighted by atomic mass is 35.5. The molecule has 5 heteroatoms. The summed E-state index contributed by atoms with van der Waals surface area (Å²) >= 11 is 11.9. The lowest BCUT2D eigenvalue weighted by molar-refractivity contribution is -0.131. The standard InChI is InChI=1S/C13H16Cl2N2O/c1-17(13(18)4-10-6-16-7-10)8-9-2-11(14)5-12(15)3-9/h2-3,5,10,16H,4,6-8H2,1H3. The van der Waals surface area contributed by atoms with E-state index in [0.29, 0.717) is 28.9 Å². The van der Waals surface area contributed by atoms with Gasteiger partial charge in [0, 0.05) is 30.1 Å². The SMILES string of the molecule is CN(Cc1cc(Cl)cc(Cl)c1)C(=O)CC1CNC1. The molecule has 1 amide bonds. The van der Waals surface area contributed by atoms with Gasteiger partial charge in [-0.05, 0) is 42.8 Å². The van der Waals surface area contributed by atoms with Crippen LogP contribution in [0, 0.1) is 5.92 Å². The highest BCUT2D eigenvalue weighted by Crippen LogP contribution is 2.20. The number of nitrogens with one attached hydrogen (secondary N) is 1. The summed E-state index contributed by atoms with van der Waals surface area (Å²) < 4.78 is 0. The third kappa shape index (κ3) is 3.61. The predicted octanol–water partition coefficient (Wildman–Crippen LogP) is 2.56. The van der Waals surface area contributed by atoms with Gasteiger partial charge in [0.1, 0.15) is 0 Å². The summed E-state index contributed by atoms with van der Waals surface area (Å²) in [6.45, 7) is 2.43. The van der Waals surface area contributed by atoms with Crippen LogP contribution in [0.25, 0.3) is 0 Å². The summed E-state index contributed by atoms with van der Waals surface area (Å²) in [6.07, 6.45) is 0.609. The predicted molar refractivity (Wildman–Crippen MR) is 73.9 cm³/mol. The van der Waals surface area contributed by atoms with Crippen molar-refractivity contribution < 1.29 is 4.79 Å². The quantitative estimate of drug-likeness (QED) is 0.923. The minimum atomic E-state index is 0.164. The Bertz CT molecular complexity index is 426. The molecule has 0 bridgehead atoms. The second-order valence-corrected chi connectivity index (χ2v) is 5.63. The van der Waals surface area contributed by atoms with E-state index in [-0.39, 0.29) is 5.91 Å². The largest absolute Gasteiger partial charge is 0.341 e. The Morgan fingerprint density at radius 3 is 2.44 bits per heavy atom. The van der Waals surface area contributed by atoms with Crippen molar-refractivity contribution in [3.63, 3.8) is 0 Å². The Morgan fingerprint density at radius 2 is 1.94 bits per heavy atom. The van der Waals surface area contributed by atoms with E-state index in [1.54, 1.807) is 11.0 Å². The number of benzene rings is 1. The maximum Gasteiger partial charge on any atom is 0.222 e. The second kappa shape index (κ2) is 5.91. The van der Waals surface area contributed by atoms with Gasteiger partial charge in [-0.15, -0.1) is 0 Å². The molecular weight excluding hydrogens is 271 g/mol. The normalized spacial score (nSPS) is 15.3. The van der Waals surface area contributed by atoms with E-state index in [4.69, 9.17) is 23.2 Å². The highest BCUT2D eigenvalue weighted by molar-refractivity contribution is 6.34. The van der Waals surface area contributed by atoms with Gasteiger partial charge in [0.2, 0.25) is 5.91 Å². The molecular formula is C13H16Cl2N2O. The summed E-state index contributed by atoms with van der Waals surface area (Å²) in [5.74, 6) is 0.653. The van der Waals surface area contributed by atoms with Crippen molar-refractivity contribution in [2.45, 2.75) is 13.0 Å². The van der Waals surface area contributed by atoms with E-state index < -0.39 is 0 Å². The number of amides is 1. The van der Waals surface area contributed by atoms with Crippen LogP contribution in [-0.4, -0.2) is 30.9 Å². The highest BCUT2D eigenvalue weighted by Gasteiger charge is 2.22. The summed E-state index contributed by atoms with van der Waals surface area (Å²) in [5, 5.41) is 4.36. The Hall–Kier alpha value is -0.770. The van der Waals surface area contributed by atoms with E-state index in [2.05, 4.69) is 5.32 Å². The number of rotatable bonds is 4. The van der Waals surface area contributed by atoms with Gasteiger partial charge in [0.05, 0.1) is 0 Å². The van der Waals surface area contributed by atoms with Crippen molar-refractivity contribution in [2.75, 3.05) is 20.1 Å². The minimum Gasteiger partial charge on any atom is -0.341 e. The first-order valence-corrected chi connectivity index (χ1v) is 6.70. The first-order valence-electron chi connectivity index (χ1n) is 5.94. The number of nitrogens with zero attached hydrogens (tertiary/aromatic N) is 1. The molecule has 1 aromatic carbocycles. The molecule has 18 heavy (non-hydrogen) atoms. The van der Waals surface area contributed by atoms with Gasteiger partial charge >= 0.3 is 0 Å². The Balaban J connectivity index is 1.92. The van der Waals surface area contributed by atoms with Crippen molar-refractivity contribution >= 4 is 29.1 Å². The van der Waals surface area contributed by atoms with E-state index >= 15 is 0 Å². The Labute approximate surface area is 117 Å².